The minimum Gasteiger partial charge on any atom is -0.467 e. The van der Waals surface area contributed by atoms with Crippen LogP contribution in [0, 0.1) is 6.92 Å². The second kappa shape index (κ2) is 11.0. The number of aryl methyl sites for hydroxylation is 1. The van der Waals surface area contributed by atoms with Crippen LogP contribution in [0.4, 0.5) is 10.2 Å². The number of carbonyl (C=O) groups excluding carboxylic acids is 1. The molecule has 5 rings (SSSR count). The number of carbonyl (C=O) groups is 1. The maximum absolute atomic E-state index is 15.4. The summed E-state index contributed by atoms with van der Waals surface area (Å²) in [4.78, 5) is 24.9. The molecule has 4 heterocycles. The topological polar surface area (TPSA) is 94.8 Å². The number of alkyl halides is 1. The largest absolute Gasteiger partial charge is 0.467 e. The number of morpholine rings is 1. The van der Waals surface area contributed by atoms with Crippen molar-refractivity contribution in [1.29, 1.82) is 0 Å². The average Bonchev–Trinajstić information content (AvgIpc) is 3.31. The molecule has 2 aliphatic rings. The van der Waals surface area contributed by atoms with E-state index in [4.69, 9.17) is 14.2 Å². The summed E-state index contributed by atoms with van der Waals surface area (Å²) >= 11 is 0. The standard InChI is InChI=1S/C26H33FN6O4/c1-4-37-25(34)16-31-6-5-19(21(27)15-31)20-12-22-18(11-17(20)2)14-28-33(22)24-13-23(29-26(30-24)35-3)32-7-9-36-10-8-32/h11-14,19,21H,4-10,15-16H2,1-3H3. The number of methoxy groups -OCH3 is 1. The molecule has 2 unspecified atom stereocenters. The number of fused-ring (bicyclic) bond motifs is 1. The van der Waals surface area contributed by atoms with E-state index in [1.54, 1.807) is 24.9 Å². The van der Waals surface area contributed by atoms with Crippen molar-refractivity contribution in [3.05, 3.63) is 35.5 Å². The van der Waals surface area contributed by atoms with Gasteiger partial charge in [0.1, 0.15) is 12.0 Å². The fourth-order valence-electron chi connectivity index (χ4n) is 5.19. The van der Waals surface area contributed by atoms with Gasteiger partial charge in [-0.2, -0.15) is 15.1 Å². The third-order valence-electron chi connectivity index (χ3n) is 7.05. The third-order valence-corrected chi connectivity index (χ3v) is 7.05. The molecule has 198 valence electrons. The zero-order chi connectivity index (χ0) is 25.9. The minimum absolute atomic E-state index is 0.118. The highest BCUT2D eigenvalue weighted by Crippen LogP contribution is 2.35. The van der Waals surface area contributed by atoms with Crippen LogP contribution < -0.4 is 9.64 Å². The first-order valence-corrected chi connectivity index (χ1v) is 12.7. The molecule has 11 heteroatoms. The number of hydrogen-bond acceptors (Lipinski definition) is 9. The number of esters is 1. The number of piperidine rings is 1. The van der Waals surface area contributed by atoms with Crippen LogP contribution in [0.1, 0.15) is 30.4 Å². The number of aromatic nitrogens is 4. The van der Waals surface area contributed by atoms with Gasteiger partial charge in [0.2, 0.25) is 0 Å². The van der Waals surface area contributed by atoms with Gasteiger partial charge in [0.05, 0.1) is 45.2 Å². The molecule has 2 atom stereocenters. The van der Waals surface area contributed by atoms with Crippen LogP contribution in [0.25, 0.3) is 16.7 Å². The lowest BCUT2D eigenvalue weighted by atomic mass is 9.85. The molecule has 10 nitrogen and oxygen atoms in total. The van der Waals surface area contributed by atoms with Gasteiger partial charge in [-0.25, -0.2) is 9.07 Å². The van der Waals surface area contributed by atoms with E-state index in [-0.39, 0.29) is 31.0 Å². The first-order chi connectivity index (χ1) is 18.0. The Bertz CT molecular complexity index is 1260. The summed E-state index contributed by atoms with van der Waals surface area (Å²) < 4.78 is 33.1. The van der Waals surface area contributed by atoms with Gasteiger partial charge < -0.3 is 19.1 Å². The van der Waals surface area contributed by atoms with E-state index in [1.165, 1.54) is 0 Å². The zero-order valence-corrected chi connectivity index (χ0v) is 21.5. The minimum atomic E-state index is -1.09. The molecule has 3 aromatic rings. The Kier molecular flexibility index (Phi) is 7.52. The van der Waals surface area contributed by atoms with Crippen molar-refractivity contribution >= 4 is 22.7 Å². The lowest BCUT2D eigenvalue weighted by Gasteiger charge is -2.35. The molecular weight excluding hydrogens is 479 g/mol. The highest BCUT2D eigenvalue weighted by Gasteiger charge is 2.32. The molecule has 2 aromatic heterocycles. The van der Waals surface area contributed by atoms with Gasteiger partial charge in [-0.1, -0.05) is 0 Å². The van der Waals surface area contributed by atoms with E-state index in [1.807, 2.05) is 30.0 Å². The second-order valence-electron chi connectivity index (χ2n) is 9.45. The Morgan fingerprint density at radius 1 is 1.16 bits per heavy atom. The van der Waals surface area contributed by atoms with Gasteiger partial charge in [0.15, 0.2) is 5.82 Å². The number of nitrogens with zero attached hydrogens (tertiary/aromatic N) is 6. The number of ether oxygens (including phenoxy) is 3. The number of hydrogen-bond donors (Lipinski definition) is 0. The summed E-state index contributed by atoms with van der Waals surface area (Å²) in [6.45, 7) is 7.79. The SMILES string of the molecule is CCOC(=O)CN1CCC(c2cc3c(cnn3-c3cc(N4CCOCC4)nc(OC)n3)cc2C)C(F)C1. The predicted octanol–water partition coefficient (Wildman–Crippen LogP) is 2.66. The molecule has 0 radical (unpaired) electrons. The van der Waals surface area contributed by atoms with E-state index in [0.717, 1.165) is 40.9 Å². The van der Waals surface area contributed by atoms with Gasteiger partial charge in [-0.3, -0.25) is 9.69 Å². The quantitative estimate of drug-likeness (QED) is 0.443. The summed E-state index contributed by atoms with van der Waals surface area (Å²) in [5.41, 5.74) is 2.82. The van der Waals surface area contributed by atoms with E-state index >= 15 is 4.39 Å². The van der Waals surface area contributed by atoms with Crippen molar-refractivity contribution in [2.45, 2.75) is 32.4 Å². The van der Waals surface area contributed by atoms with E-state index in [0.29, 0.717) is 38.6 Å². The fourth-order valence-corrected chi connectivity index (χ4v) is 5.19. The van der Waals surface area contributed by atoms with Crippen LogP contribution >= 0.6 is 0 Å². The third kappa shape index (κ3) is 5.37. The van der Waals surface area contributed by atoms with Crippen LogP contribution in [-0.4, -0.2) is 96.4 Å². The smallest absolute Gasteiger partial charge is 0.320 e. The number of halogens is 1. The van der Waals surface area contributed by atoms with E-state index in [2.05, 4.69) is 20.0 Å². The summed E-state index contributed by atoms with van der Waals surface area (Å²) in [6, 6.07) is 6.23. The van der Waals surface area contributed by atoms with Gasteiger partial charge in [0, 0.05) is 37.0 Å². The van der Waals surface area contributed by atoms with Crippen molar-refractivity contribution in [3.63, 3.8) is 0 Å². The molecule has 0 aliphatic carbocycles. The summed E-state index contributed by atoms with van der Waals surface area (Å²) in [7, 11) is 1.54. The summed E-state index contributed by atoms with van der Waals surface area (Å²) in [5, 5.41) is 5.56. The fraction of sp³-hybridized carbons (Fsp3) is 0.538. The molecule has 2 saturated heterocycles. The monoisotopic (exact) mass is 512 g/mol. The van der Waals surface area contributed by atoms with E-state index < -0.39 is 6.17 Å². The van der Waals surface area contributed by atoms with Crippen LogP contribution in [-0.2, 0) is 14.3 Å². The van der Waals surface area contributed by atoms with Gasteiger partial charge >= 0.3 is 12.0 Å². The van der Waals surface area contributed by atoms with E-state index in [9.17, 15) is 4.79 Å². The molecule has 0 amide bonds. The van der Waals surface area contributed by atoms with Gasteiger partial charge in [0.25, 0.3) is 0 Å². The summed E-state index contributed by atoms with van der Waals surface area (Å²) in [6.07, 6.45) is 1.32. The van der Waals surface area contributed by atoms with Crippen LogP contribution in [0.3, 0.4) is 0 Å². The van der Waals surface area contributed by atoms with Gasteiger partial charge in [-0.05, 0) is 50.1 Å². The predicted molar refractivity (Wildman–Crippen MR) is 136 cm³/mol. The van der Waals surface area contributed by atoms with Crippen molar-refractivity contribution in [2.24, 2.45) is 0 Å². The molecule has 37 heavy (non-hydrogen) atoms. The highest BCUT2D eigenvalue weighted by molar-refractivity contribution is 5.82. The Labute approximate surface area is 215 Å². The Balaban J connectivity index is 1.44. The first kappa shape index (κ1) is 25.3. The normalized spacial score (nSPS) is 20.8. The van der Waals surface area contributed by atoms with Crippen molar-refractivity contribution < 1.29 is 23.4 Å². The number of rotatable bonds is 7. The molecule has 1 aromatic carbocycles. The lowest BCUT2D eigenvalue weighted by Crippen LogP contribution is -2.43. The second-order valence-corrected chi connectivity index (χ2v) is 9.45. The first-order valence-electron chi connectivity index (χ1n) is 12.7. The van der Waals surface area contributed by atoms with Crippen molar-refractivity contribution in [3.8, 4) is 11.8 Å². The Morgan fingerprint density at radius 2 is 1.95 bits per heavy atom. The molecule has 2 fully saturated rings. The maximum atomic E-state index is 15.4. The molecule has 0 saturated carbocycles. The molecule has 0 N–H and O–H groups in total. The average molecular weight is 513 g/mol. The van der Waals surface area contributed by atoms with Crippen LogP contribution in [0.15, 0.2) is 24.4 Å². The van der Waals surface area contributed by atoms with Crippen LogP contribution in [0.2, 0.25) is 0 Å². The summed E-state index contributed by atoms with van der Waals surface area (Å²) in [5.74, 6) is 0.750. The van der Waals surface area contributed by atoms with Gasteiger partial charge in [-0.15, -0.1) is 0 Å². The molecule has 0 spiro atoms. The Morgan fingerprint density at radius 3 is 2.68 bits per heavy atom. The zero-order valence-electron chi connectivity index (χ0n) is 21.5. The maximum Gasteiger partial charge on any atom is 0.320 e. The lowest BCUT2D eigenvalue weighted by molar-refractivity contribution is -0.145. The van der Waals surface area contributed by atoms with Crippen molar-refractivity contribution in [1.82, 2.24) is 24.6 Å². The number of anilines is 1. The molecular formula is C26H33FN6O4. The number of likely N-dealkylation sites (tertiary alicyclic amines) is 1. The highest BCUT2D eigenvalue weighted by atomic mass is 19.1. The molecule has 0 bridgehead atoms. The van der Waals surface area contributed by atoms with Crippen LogP contribution in [0.5, 0.6) is 6.01 Å². The number of benzene rings is 1. The molecule has 2 aliphatic heterocycles. The van der Waals surface area contributed by atoms with Crippen molar-refractivity contribution in [2.75, 3.05) is 64.6 Å². The Hall–Kier alpha value is -3.31.